The van der Waals surface area contributed by atoms with Crippen LogP contribution in [-0.4, -0.2) is 43.8 Å². The van der Waals surface area contributed by atoms with Crippen molar-refractivity contribution in [2.45, 2.75) is 6.54 Å². The summed E-state index contributed by atoms with van der Waals surface area (Å²) in [6.07, 6.45) is 0. The van der Waals surface area contributed by atoms with E-state index in [1.807, 2.05) is 0 Å². The summed E-state index contributed by atoms with van der Waals surface area (Å²) in [6, 6.07) is 4.88. The topological polar surface area (TPSA) is 66.6 Å². The van der Waals surface area contributed by atoms with Gasteiger partial charge in [0.25, 0.3) is 10.2 Å². The minimum absolute atomic E-state index is 0.289. The number of benzene rings is 1. The Morgan fingerprint density at radius 1 is 1.26 bits per heavy atom. The monoisotopic (exact) mass is 351 g/mol. The van der Waals surface area contributed by atoms with Crippen molar-refractivity contribution in [1.29, 1.82) is 0 Å². The first-order valence-electron chi connectivity index (χ1n) is 5.80. The quantitative estimate of drug-likeness (QED) is 0.879. The molecule has 0 aliphatic carbocycles. The van der Waals surface area contributed by atoms with Gasteiger partial charge in [-0.3, -0.25) is 4.90 Å². The zero-order valence-corrected chi connectivity index (χ0v) is 12.6. The molecule has 19 heavy (non-hydrogen) atoms. The lowest BCUT2D eigenvalue weighted by Crippen LogP contribution is -2.50. The molecule has 0 spiro atoms. The maximum Gasteiger partial charge on any atom is 0.276 e. The maximum atomic E-state index is 13.1. The van der Waals surface area contributed by atoms with Crippen LogP contribution in [0.15, 0.2) is 22.7 Å². The zero-order chi connectivity index (χ0) is 14.0. The summed E-state index contributed by atoms with van der Waals surface area (Å²) in [6.45, 7) is 2.68. The normalized spacial score (nSPS) is 18.7. The minimum atomic E-state index is -3.58. The largest absolute Gasteiger partial charge is 0.296 e. The molecular weight excluding hydrogens is 337 g/mol. The van der Waals surface area contributed by atoms with E-state index in [0.29, 0.717) is 37.2 Å². The van der Waals surface area contributed by atoms with Crippen LogP contribution in [0, 0.1) is 5.82 Å². The fourth-order valence-corrected chi connectivity index (χ4v) is 3.14. The third kappa shape index (κ3) is 3.96. The lowest BCUT2D eigenvalue weighted by atomic mass is 10.2. The number of hydrogen-bond acceptors (Lipinski definition) is 3. The van der Waals surface area contributed by atoms with Crippen molar-refractivity contribution in [2.75, 3.05) is 26.2 Å². The highest BCUT2D eigenvalue weighted by atomic mass is 79.9. The Hall–Kier alpha value is -0.540. The second-order valence-electron chi connectivity index (χ2n) is 4.47. The van der Waals surface area contributed by atoms with Crippen molar-refractivity contribution in [3.05, 3.63) is 34.1 Å². The van der Waals surface area contributed by atoms with Crippen LogP contribution in [-0.2, 0) is 16.8 Å². The molecule has 0 bridgehead atoms. The molecule has 0 amide bonds. The number of rotatable bonds is 3. The number of nitrogens with zero attached hydrogens (tertiary/aromatic N) is 2. The molecule has 1 saturated heterocycles. The van der Waals surface area contributed by atoms with Crippen molar-refractivity contribution in [3.8, 4) is 0 Å². The van der Waals surface area contributed by atoms with Gasteiger partial charge < -0.3 is 0 Å². The molecule has 1 aliphatic heterocycles. The highest BCUT2D eigenvalue weighted by Gasteiger charge is 2.23. The van der Waals surface area contributed by atoms with E-state index in [1.54, 1.807) is 12.1 Å². The van der Waals surface area contributed by atoms with Crippen molar-refractivity contribution in [3.63, 3.8) is 0 Å². The Bertz CT molecular complexity index is 559. The van der Waals surface area contributed by atoms with Crippen molar-refractivity contribution >= 4 is 26.1 Å². The molecule has 1 aromatic rings. The summed E-state index contributed by atoms with van der Waals surface area (Å²) in [7, 11) is -3.58. The molecule has 1 aliphatic rings. The standard InChI is InChI=1S/C11H15BrFN3O2S/c12-10-7-9(1-2-11(10)13)8-15-3-5-16(6-4-15)19(14,17)18/h1-2,7H,3-6,8H2,(H2,14,17,18). The maximum absolute atomic E-state index is 13.1. The van der Waals surface area contributed by atoms with Crippen LogP contribution in [0.3, 0.4) is 0 Å². The summed E-state index contributed by atoms with van der Waals surface area (Å²) >= 11 is 3.15. The van der Waals surface area contributed by atoms with Crippen LogP contribution in [0.25, 0.3) is 0 Å². The van der Waals surface area contributed by atoms with Gasteiger partial charge in [0.1, 0.15) is 5.82 Å². The van der Waals surface area contributed by atoms with Crippen LogP contribution < -0.4 is 5.14 Å². The van der Waals surface area contributed by atoms with Crippen LogP contribution >= 0.6 is 15.9 Å². The van der Waals surface area contributed by atoms with Gasteiger partial charge >= 0.3 is 0 Å². The van der Waals surface area contributed by atoms with Gasteiger partial charge in [-0.2, -0.15) is 12.7 Å². The summed E-state index contributed by atoms with van der Waals surface area (Å²) in [5.41, 5.74) is 0.984. The highest BCUT2D eigenvalue weighted by molar-refractivity contribution is 9.10. The first-order valence-corrected chi connectivity index (χ1v) is 8.10. The number of hydrogen-bond donors (Lipinski definition) is 1. The first-order chi connectivity index (χ1) is 8.86. The van der Waals surface area contributed by atoms with Crippen LogP contribution in [0.5, 0.6) is 0 Å². The molecule has 0 saturated carbocycles. The third-order valence-electron chi connectivity index (χ3n) is 3.08. The predicted molar refractivity (Wildman–Crippen MR) is 74.1 cm³/mol. The number of piperazine rings is 1. The average molecular weight is 352 g/mol. The Balaban J connectivity index is 1.94. The Morgan fingerprint density at radius 3 is 2.42 bits per heavy atom. The van der Waals surface area contributed by atoms with Gasteiger partial charge in [-0.25, -0.2) is 9.53 Å². The van der Waals surface area contributed by atoms with E-state index in [9.17, 15) is 12.8 Å². The number of halogens is 2. The van der Waals surface area contributed by atoms with Crippen molar-refractivity contribution in [1.82, 2.24) is 9.21 Å². The second-order valence-corrected chi connectivity index (χ2v) is 6.87. The van der Waals surface area contributed by atoms with Crippen LogP contribution in [0.2, 0.25) is 0 Å². The van der Waals surface area contributed by atoms with Gasteiger partial charge in [-0.1, -0.05) is 6.07 Å². The molecule has 1 aromatic carbocycles. The van der Waals surface area contributed by atoms with E-state index in [-0.39, 0.29) is 5.82 Å². The highest BCUT2D eigenvalue weighted by Crippen LogP contribution is 2.18. The number of nitrogens with two attached hydrogens (primary N) is 1. The molecular formula is C11H15BrFN3O2S. The van der Waals surface area contributed by atoms with Crippen molar-refractivity contribution < 1.29 is 12.8 Å². The van der Waals surface area contributed by atoms with Gasteiger partial charge in [0.15, 0.2) is 0 Å². The van der Waals surface area contributed by atoms with Crippen molar-refractivity contribution in [2.24, 2.45) is 5.14 Å². The molecule has 5 nitrogen and oxygen atoms in total. The predicted octanol–water partition coefficient (Wildman–Crippen LogP) is 0.909. The molecule has 0 aromatic heterocycles. The van der Waals surface area contributed by atoms with Crippen LogP contribution in [0.4, 0.5) is 4.39 Å². The fourth-order valence-electron chi connectivity index (χ4n) is 2.04. The Kier molecular flexibility index (Phi) is 4.57. The summed E-state index contributed by atoms with van der Waals surface area (Å²) in [4.78, 5) is 2.11. The molecule has 0 radical (unpaired) electrons. The van der Waals surface area contributed by atoms with E-state index in [2.05, 4.69) is 20.8 Å². The fraction of sp³-hybridized carbons (Fsp3) is 0.455. The van der Waals surface area contributed by atoms with E-state index < -0.39 is 10.2 Å². The lowest BCUT2D eigenvalue weighted by Gasteiger charge is -2.32. The van der Waals surface area contributed by atoms with E-state index in [4.69, 9.17) is 5.14 Å². The van der Waals surface area contributed by atoms with Gasteiger partial charge in [0.05, 0.1) is 4.47 Å². The lowest BCUT2D eigenvalue weighted by molar-refractivity contribution is 0.181. The van der Waals surface area contributed by atoms with Gasteiger partial charge in [0.2, 0.25) is 0 Å². The third-order valence-corrected chi connectivity index (χ3v) is 4.77. The molecule has 0 atom stereocenters. The molecule has 106 valence electrons. The minimum Gasteiger partial charge on any atom is -0.296 e. The average Bonchev–Trinajstić information content (AvgIpc) is 2.33. The SMILES string of the molecule is NS(=O)(=O)N1CCN(Cc2ccc(F)c(Br)c2)CC1. The summed E-state index contributed by atoms with van der Waals surface area (Å²) in [5, 5.41) is 5.08. The van der Waals surface area contributed by atoms with Gasteiger partial charge in [0, 0.05) is 32.7 Å². The molecule has 1 heterocycles. The van der Waals surface area contributed by atoms with E-state index in [0.717, 1.165) is 5.56 Å². The summed E-state index contributed by atoms with van der Waals surface area (Å²) in [5.74, 6) is -0.289. The van der Waals surface area contributed by atoms with E-state index >= 15 is 0 Å². The smallest absolute Gasteiger partial charge is 0.276 e. The molecule has 8 heteroatoms. The van der Waals surface area contributed by atoms with E-state index in [1.165, 1.54) is 10.4 Å². The van der Waals surface area contributed by atoms with Gasteiger partial charge in [-0.15, -0.1) is 0 Å². The first kappa shape index (κ1) is 14.9. The molecule has 2 rings (SSSR count). The molecule has 0 unspecified atom stereocenters. The second kappa shape index (κ2) is 5.84. The van der Waals surface area contributed by atoms with Gasteiger partial charge in [-0.05, 0) is 33.6 Å². The molecule has 1 fully saturated rings. The van der Waals surface area contributed by atoms with Crippen LogP contribution in [0.1, 0.15) is 5.56 Å². The zero-order valence-electron chi connectivity index (χ0n) is 10.2. The Morgan fingerprint density at radius 2 is 1.89 bits per heavy atom. The molecule has 2 N–H and O–H groups in total. The Labute approximate surface area is 120 Å². The summed E-state index contributed by atoms with van der Waals surface area (Å²) < 4.78 is 37.2.